The number of nitrogens with zero attached hydrogens (tertiary/aromatic N) is 1. The Morgan fingerprint density at radius 3 is 2.65 bits per heavy atom. The molecule has 3 aromatic rings. The fourth-order valence-corrected chi connectivity index (χ4v) is 2.94. The molecule has 0 atom stereocenters. The molecular weight excluding hydrogens is 355 g/mol. The molecule has 3 rings (SSSR count). The van der Waals surface area contributed by atoms with Crippen molar-refractivity contribution in [2.45, 2.75) is 6.92 Å². The molecule has 0 unspecified atom stereocenters. The van der Waals surface area contributed by atoms with E-state index in [0.29, 0.717) is 27.7 Å². The number of aromatic nitrogens is 1. The Morgan fingerprint density at radius 1 is 1.19 bits per heavy atom. The van der Waals surface area contributed by atoms with Gasteiger partial charge in [-0.1, -0.05) is 12.1 Å². The Hall–Kier alpha value is -3.06. The number of anilines is 1. The van der Waals surface area contributed by atoms with Gasteiger partial charge >= 0.3 is 0 Å². The molecule has 0 spiro atoms. The maximum Gasteiger partial charge on any atom is 0.264 e. The van der Waals surface area contributed by atoms with E-state index in [1.165, 1.54) is 30.4 Å². The zero-order valence-corrected chi connectivity index (χ0v) is 14.7. The summed E-state index contributed by atoms with van der Waals surface area (Å²) < 4.78 is 18.7. The molecule has 0 saturated heterocycles. The number of hydrogen-bond donors (Lipinski definition) is 1. The zero-order chi connectivity index (χ0) is 18.5. The Bertz CT molecular complexity index is 938. The molecule has 0 aliphatic rings. The molecule has 26 heavy (non-hydrogen) atoms. The molecule has 1 N–H and O–H groups in total. The maximum atomic E-state index is 13.3. The highest BCUT2D eigenvalue weighted by molar-refractivity contribution is 7.14. The average molecular weight is 370 g/mol. The van der Waals surface area contributed by atoms with Gasteiger partial charge in [-0.2, -0.15) is 0 Å². The van der Waals surface area contributed by atoms with Gasteiger partial charge in [0.2, 0.25) is 0 Å². The van der Waals surface area contributed by atoms with Crippen LogP contribution in [-0.4, -0.2) is 23.3 Å². The van der Waals surface area contributed by atoms with E-state index >= 15 is 0 Å². The lowest BCUT2D eigenvalue weighted by atomic mass is 10.1. The van der Waals surface area contributed by atoms with Gasteiger partial charge < -0.3 is 4.74 Å². The first kappa shape index (κ1) is 17.8. The van der Waals surface area contributed by atoms with Gasteiger partial charge in [0.25, 0.3) is 5.91 Å². The lowest BCUT2D eigenvalue weighted by Gasteiger charge is -2.06. The van der Waals surface area contributed by atoms with Crippen LogP contribution in [0.2, 0.25) is 0 Å². The molecule has 5 nitrogen and oxygen atoms in total. The second-order valence-corrected chi connectivity index (χ2v) is 6.32. The van der Waals surface area contributed by atoms with Crippen molar-refractivity contribution in [2.24, 2.45) is 0 Å². The van der Waals surface area contributed by atoms with E-state index in [2.05, 4.69) is 10.3 Å². The van der Waals surface area contributed by atoms with Crippen LogP contribution in [0.25, 0.3) is 11.3 Å². The predicted molar refractivity (Wildman–Crippen MR) is 98.1 cm³/mol. The van der Waals surface area contributed by atoms with Crippen LogP contribution in [0.5, 0.6) is 5.75 Å². The molecule has 0 fully saturated rings. The number of ether oxygens (including phenoxy) is 1. The van der Waals surface area contributed by atoms with E-state index < -0.39 is 0 Å². The van der Waals surface area contributed by atoms with Gasteiger partial charge in [-0.15, -0.1) is 11.3 Å². The van der Waals surface area contributed by atoms with E-state index in [0.717, 1.165) is 0 Å². The van der Waals surface area contributed by atoms with Crippen molar-refractivity contribution in [2.75, 3.05) is 11.9 Å². The van der Waals surface area contributed by atoms with Crippen LogP contribution in [-0.2, 0) is 4.79 Å². The first-order valence-corrected chi connectivity index (χ1v) is 8.64. The van der Waals surface area contributed by atoms with Gasteiger partial charge in [0, 0.05) is 16.5 Å². The average Bonchev–Trinajstić information content (AvgIpc) is 3.09. The maximum absolute atomic E-state index is 13.3. The van der Waals surface area contributed by atoms with Gasteiger partial charge in [-0.05, 0) is 43.3 Å². The van der Waals surface area contributed by atoms with Gasteiger partial charge in [0.05, 0.1) is 5.69 Å². The monoisotopic (exact) mass is 370 g/mol. The van der Waals surface area contributed by atoms with Gasteiger partial charge in [-0.25, -0.2) is 9.37 Å². The van der Waals surface area contributed by atoms with Crippen LogP contribution in [0.1, 0.15) is 17.3 Å². The fraction of sp³-hybridized carbons (Fsp3) is 0.105. The molecule has 0 bridgehead atoms. The Labute approximate surface area is 153 Å². The van der Waals surface area contributed by atoms with Crippen LogP contribution >= 0.6 is 11.3 Å². The van der Waals surface area contributed by atoms with E-state index in [1.807, 2.05) is 0 Å². The van der Waals surface area contributed by atoms with Crippen molar-refractivity contribution in [1.82, 2.24) is 4.98 Å². The Balaban J connectivity index is 1.56. The third-order valence-corrected chi connectivity index (χ3v) is 4.26. The van der Waals surface area contributed by atoms with Crippen LogP contribution < -0.4 is 10.1 Å². The van der Waals surface area contributed by atoms with Crippen LogP contribution in [0.4, 0.5) is 9.52 Å². The fourth-order valence-electron chi connectivity index (χ4n) is 2.20. The van der Waals surface area contributed by atoms with Crippen LogP contribution in [0.3, 0.4) is 0 Å². The predicted octanol–water partition coefficient (Wildman–Crippen LogP) is 4.17. The standard InChI is InChI=1S/C19H15FN2O3S/c1-12(23)13-5-7-16(8-6-13)25-10-18(24)22-19-21-17(11-26-19)14-3-2-4-15(20)9-14/h2-9,11H,10H2,1H3,(H,21,22,24). The van der Waals surface area contributed by atoms with E-state index in [1.54, 1.807) is 41.8 Å². The summed E-state index contributed by atoms with van der Waals surface area (Å²) in [5, 5.41) is 4.79. The molecule has 7 heteroatoms. The van der Waals surface area contributed by atoms with Crippen molar-refractivity contribution in [3.63, 3.8) is 0 Å². The Kier molecular flexibility index (Phi) is 5.38. The lowest BCUT2D eigenvalue weighted by molar-refractivity contribution is -0.118. The minimum absolute atomic E-state index is 0.0350. The highest BCUT2D eigenvalue weighted by Crippen LogP contribution is 2.25. The number of benzene rings is 2. The molecule has 132 valence electrons. The molecule has 0 radical (unpaired) electrons. The molecular formula is C19H15FN2O3S. The van der Waals surface area contributed by atoms with Gasteiger partial charge in [-0.3, -0.25) is 14.9 Å². The number of amides is 1. The minimum Gasteiger partial charge on any atom is -0.484 e. The summed E-state index contributed by atoms with van der Waals surface area (Å²) >= 11 is 1.25. The summed E-state index contributed by atoms with van der Waals surface area (Å²) in [5.41, 5.74) is 1.81. The van der Waals surface area contributed by atoms with Crippen molar-refractivity contribution >= 4 is 28.2 Å². The van der Waals surface area contributed by atoms with Gasteiger partial charge in [0.15, 0.2) is 17.5 Å². The zero-order valence-electron chi connectivity index (χ0n) is 13.9. The number of rotatable bonds is 6. The molecule has 0 aliphatic heterocycles. The number of hydrogen-bond acceptors (Lipinski definition) is 5. The number of ketones is 1. The first-order valence-electron chi connectivity index (χ1n) is 7.76. The van der Waals surface area contributed by atoms with Crippen molar-refractivity contribution < 1.29 is 18.7 Å². The lowest BCUT2D eigenvalue weighted by Crippen LogP contribution is -2.20. The normalized spacial score (nSPS) is 10.4. The second-order valence-electron chi connectivity index (χ2n) is 5.47. The SMILES string of the molecule is CC(=O)c1ccc(OCC(=O)Nc2nc(-c3cccc(F)c3)cs2)cc1. The highest BCUT2D eigenvalue weighted by Gasteiger charge is 2.09. The molecule has 1 heterocycles. The van der Waals surface area contributed by atoms with E-state index in [4.69, 9.17) is 4.74 Å². The first-order chi connectivity index (χ1) is 12.5. The highest BCUT2D eigenvalue weighted by atomic mass is 32.1. The van der Waals surface area contributed by atoms with Crippen LogP contribution in [0, 0.1) is 5.82 Å². The molecule has 2 aromatic carbocycles. The molecule has 1 amide bonds. The Morgan fingerprint density at radius 2 is 1.96 bits per heavy atom. The number of carbonyl (C=O) groups excluding carboxylic acids is 2. The van der Waals surface area contributed by atoms with E-state index in [-0.39, 0.29) is 24.1 Å². The van der Waals surface area contributed by atoms with E-state index in [9.17, 15) is 14.0 Å². The number of Topliss-reactive ketones (excluding diaryl/α,β-unsaturated/α-hetero) is 1. The van der Waals surface area contributed by atoms with Crippen LogP contribution in [0.15, 0.2) is 53.9 Å². The number of thiazole rings is 1. The number of carbonyl (C=O) groups is 2. The third-order valence-electron chi connectivity index (χ3n) is 3.50. The molecule has 0 aliphatic carbocycles. The van der Waals surface area contributed by atoms with Crippen molar-refractivity contribution in [1.29, 1.82) is 0 Å². The number of halogens is 1. The summed E-state index contributed by atoms with van der Waals surface area (Å²) in [6.07, 6.45) is 0. The summed E-state index contributed by atoms with van der Waals surface area (Å²) in [6.45, 7) is 1.30. The quantitative estimate of drug-likeness (QED) is 0.661. The van der Waals surface area contributed by atoms with Crippen molar-refractivity contribution in [3.8, 4) is 17.0 Å². The summed E-state index contributed by atoms with van der Waals surface area (Å²) in [6, 6.07) is 12.6. The molecule has 1 aromatic heterocycles. The third kappa shape index (κ3) is 4.52. The minimum atomic E-state index is -0.360. The summed E-state index contributed by atoms with van der Waals surface area (Å²) in [5.74, 6) is -0.247. The topological polar surface area (TPSA) is 68.3 Å². The number of nitrogens with one attached hydrogen (secondary N) is 1. The largest absolute Gasteiger partial charge is 0.484 e. The summed E-state index contributed by atoms with van der Waals surface area (Å²) in [7, 11) is 0. The summed E-state index contributed by atoms with van der Waals surface area (Å²) in [4.78, 5) is 27.5. The van der Waals surface area contributed by atoms with Gasteiger partial charge in [0.1, 0.15) is 11.6 Å². The smallest absolute Gasteiger partial charge is 0.264 e. The van der Waals surface area contributed by atoms with Crippen molar-refractivity contribution in [3.05, 3.63) is 65.3 Å². The molecule has 0 saturated carbocycles. The second kappa shape index (κ2) is 7.88.